The Hall–Kier alpha value is -4.17. The van der Waals surface area contributed by atoms with Gasteiger partial charge >= 0.3 is 0 Å². The largest absolute Gasteiger partial charge is 0.440 e. The van der Waals surface area contributed by atoms with Crippen molar-refractivity contribution in [2.45, 2.75) is 87.0 Å². The summed E-state index contributed by atoms with van der Waals surface area (Å²) in [5.41, 5.74) is 6.60. The maximum atomic E-state index is 13.0. The molecule has 8 heteroatoms. The van der Waals surface area contributed by atoms with Crippen molar-refractivity contribution in [2.75, 3.05) is 48.8 Å². The monoisotopic (exact) mass is 655 g/mol. The van der Waals surface area contributed by atoms with Crippen LogP contribution in [-0.4, -0.2) is 44.7 Å². The van der Waals surface area contributed by atoms with Crippen molar-refractivity contribution in [3.05, 3.63) is 93.2 Å². The van der Waals surface area contributed by atoms with Gasteiger partial charge in [0.15, 0.2) is 17.1 Å². The molecule has 2 heterocycles. The van der Waals surface area contributed by atoms with Crippen molar-refractivity contribution in [1.29, 1.82) is 0 Å². The first-order chi connectivity index (χ1) is 23.2. The highest BCUT2D eigenvalue weighted by Crippen LogP contribution is 2.34. The molecule has 1 saturated heterocycles. The summed E-state index contributed by atoms with van der Waals surface area (Å²) in [6.07, 6.45) is 12.3. The van der Waals surface area contributed by atoms with E-state index in [0.29, 0.717) is 35.4 Å². The van der Waals surface area contributed by atoms with Crippen molar-refractivity contribution in [2.24, 2.45) is 10.9 Å². The lowest BCUT2D eigenvalue weighted by molar-refractivity contribution is -0.115. The Morgan fingerprint density at radius 2 is 1.79 bits per heavy atom. The van der Waals surface area contributed by atoms with Gasteiger partial charge in [0.05, 0.1) is 11.4 Å². The highest BCUT2D eigenvalue weighted by atomic mass is 16.4. The van der Waals surface area contributed by atoms with Crippen LogP contribution in [0.1, 0.15) is 97.0 Å². The first-order valence-corrected chi connectivity index (χ1v) is 17.7. The summed E-state index contributed by atoms with van der Waals surface area (Å²) in [4.78, 5) is 32.7. The fourth-order valence-electron chi connectivity index (χ4n) is 6.34. The van der Waals surface area contributed by atoms with Crippen LogP contribution in [0.3, 0.4) is 0 Å². The van der Waals surface area contributed by atoms with Gasteiger partial charge in [-0.3, -0.25) is 9.59 Å². The Morgan fingerprint density at radius 1 is 1.10 bits per heavy atom. The van der Waals surface area contributed by atoms with Crippen LogP contribution in [0.4, 0.5) is 17.3 Å². The first-order valence-electron chi connectivity index (χ1n) is 17.7. The van der Waals surface area contributed by atoms with Gasteiger partial charge in [0, 0.05) is 62.6 Å². The van der Waals surface area contributed by atoms with Gasteiger partial charge in [-0.15, -0.1) is 0 Å². The van der Waals surface area contributed by atoms with Crippen LogP contribution in [0.2, 0.25) is 0 Å². The van der Waals surface area contributed by atoms with E-state index in [0.717, 1.165) is 72.0 Å². The lowest BCUT2D eigenvalue weighted by Gasteiger charge is -2.28. The summed E-state index contributed by atoms with van der Waals surface area (Å²) in [5.74, 6) is 2.47. The number of hydrogen-bond acceptors (Lipinski definition) is 8. The molecule has 1 aromatic heterocycles. The number of piperazine rings is 1. The Morgan fingerprint density at radius 3 is 2.40 bits per heavy atom. The quantitative estimate of drug-likeness (QED) is 0.113. The third-order valence-corrected chi connectivity index (χ3v) is 9.04. The zero-order valence-electron chi connectivity index (χ0n) is 30.5. The number of carbonyl (C=O) groups is 1. The molecule has 0 amide bonds. The van der Waals surface area contributed by atoms with E-state index in [1.807, 2.05) is 91.9 Å². The normalized spacial score (nSPS) is 16.4. The molecule has 0 spiro atoms. The minimum Gasteiger partial charge on any atom is -0.440 e. The lowest BCUT2D eigenvalue weighted by atomic mass is 9.92. The Labute approximate surface area is 288 Å². The predicted octanol–water partition coefficient (Wildman–Crippen LogP) is 8.65. The summed E-state index contributed by atoms with van der Waals surface area (Å²) in [6.45, 7) is 21.1. The number of aliphatic imine (C=N–C) groups is 1. The lowest BCUT2D eigenvalue weighted by Crippen LogP contribution is -2.43. The molecule has 2 fully saturated rings. The van der Waals surface area contributed by atoms with Crippen molar-refractivity contribution in [3.8, 4) is 0 Å². The van der Waals surface area contributed by atoms with Gasteiger partial charge in [-0.05, 0) is 75.0 Å². The predicted molar refractivity (Wildman–Crippen MR) is 204 cm³/mol. The second-order valence-corrected chi connectivity index (χ2v) is 12.2. The summed E-state index contributed by atoms with van der Waals surface area (Å²) in [5, 5.41) is 9.97. The number of ketones is 1. The third-order valence-electron chi connectivity index (χ3n) is 9.04. The molecule has 8 nitrogen and oxygen atoms in total. The van der Waals surface area contributed by atoms with E-state index >= 15 is 0 Å². The number of nitrogens with one attached hydrogen (secondary N) is 3. The molecule has 1 aliphatic heterocycles. The summed E-state index contributed by atoms with van der Waals surface area (Å²) < 4.78 is 6.40. The molecule has 260 valence electrons. The molecule has 1 aliphatic carbocycles. The van der Waals surface area contributed by atoms with E-state index in [1.54, 1.807) is 6.07 Å². The average Bonchev–Trinajstić information content (AvgIpc) is 3.63. The Bertz CT molecular complexity index is 1600. The van der Waals surface area contributed by atoms with E-state index in [1.165, 1.54) is 25.7 Å². The molecule has 0 unspecified atom stereocenters. The van der Waals surface area contributed by atoms with Crippen molar-refractivity contribution >= 4 is 34.3 Å². The highest BCUT2D eigenvalue weighted by Gasteiger charge is 2.21. The van der Waals surface area contributed by atoms with Crippen LogP contribution in [0.15, 0.2) is 80.2 Å². The van der Waals surface area contributed by atoms with Gasteiger partial charge in [-0.2, -0.15) is 0 Å². The van der Waals surface area contributed by atoms with Crippen LogP contribution >= 0.6 is 0 Å². The van der Waals surface area contributed by atoms with E-state index in [2.05, 4.69) is 27.4 Å². The molecule has 1 aromatic carbocycles. The number of rotatable bonds is 13. The van der Waals surface area contributed by atoms with Crippen LogP contribution in [0.25, 0.3) is 5.57 Å². The molecule has 2 aromatic rings. The van der Waals surface area contributed by atoms with Crippen molar-refractivity contribution < 1.29 is 9.21 Å². The number of nitrogens with zero attached hydrogens (tertiary/aromatic N) is 2. The van der Waals surface area contributed by atoms with E-state index in [-0.39, 0.29) is 11.2 Å². The SMILES string of the molecule is C=C(\N=C(C)/C(=C\C)/C=C(\CC1CCCC1)C(=O)CC)Nc1ccc(/C(=C/C)c2oc(N3CCNCC3)cc(=O)c2C)cc1NC.CC. The number of allylic oxidation sites excluding steroid dienone is 5. The topological polar surface area (TPSA) is 99.0 Å². The van der Waals surface area contributed by atoms with Gasteiger partial charge in [0.1, 0.15) is 11.6 Å². The maximum absolute atomic E-state index is 13.0. The summed E-state index contributed by atoms with van der Waals surface area (Å²) in [7, 11) is 1.87. The van der Waals surface area contributed by atoms with Crippen LogP contribution in [0, 0.1) is 12.8 Å². The zero-order chi connectivity index (χ0) is 35.2. The summed E-state index contributed by atoms with van der Waals surface area (Å²) >= 11 is 0. The minimum absolute atomic E-state index is 0.0362. The summed E-state index contributed by atoms with van der Waals surface area (Å²) in [6, 6.07) is 7.62. The standard InChI is InChI=1S/C38H51N5O3.C2H6/c1-8-29(22-31(35(44)10-3)21-28-13-11-12-14-28)26(5)41-27(6)42-33-16-15-30(23-34(33)39-7)32(9-2)38-25(4)36(45)24-37(46-38)43-19-17-40-18-20-43;1-2/h8-9,15-16,22-24,28,39-40,42H,6,10-14,17-21H2,1-5,7H3;1-2H3/b29-8-,31-22+,32-9-,41-26-;. The Balaban J connectivity index is 0.00000307. The maximum Gasteiger partial charge on any atom is 0.200 e. The number of carbonyl (C=O) groups excluding carboxylic acids is 1. The molecule has 2 aliphatic rings. The number of anilines is 3. The minimum atomic E-state index is -0.0362. The molecule has 0 atom stereocenters. The van der Waals surface area contributed by atoms with Gasteiger partial charge in [-0.1, -0.05) is 71.3 Å². The third kappa shape index (κ3) is 9.92. The van der Waals surface area contributed by atoms with Gasteiger partial charge in [-0.25, -0.2) is 4.99 Å². The van der Waals surface area contributed by atoms with Crippen LogP contribution < -0.4 is 26.3 Å². The number of Topliss-reactive ketones (excluding diaryl/α,β-unsaturated/α-hetero) is 1. The van der Waals surface area contributed by atoms with Crippen molar-refractivity contribution in [3.63, 3.8) is 0 Å². The zero-order valence-corrected chi connectivity index (χ0v) is 30.5. The first kappa shape index (κ1) is 38.3. The van der Waals surface area contributed by atoms with Gasteiger partial charge in [0.2, 0.25) is 0 Å². The fraction of sp³-hybridized carbons (Fsp3) is 0.475. The Kier molecular flexibility index (Phi) is 15.1. The number of benzene rings is 1. The van der Waals surface area contributed by atoms with E-state index < -0.39 is 0 Å². The van der Waals surface area contributed by atoms with E-state index in [4.69, 9.17) is 9.41 Å². The number of hydrogen-bond donors (Lipinski definition) is 3. The smallest absolute Gasteiger partial charge is 0.200 e. The second kappa shape index (κ2) is 19.0. The van der Waals surface area contributed by atoms with Crippen LogP contribution in [-0.2, 0) is 4.79 Å². The molecule has 1 saturated carbocycles. The molecule has 0 bridgehead atoms. The molecule has 4 rings (SSSR count). The molecular formula is C40H57N5O3. The molecule has 3 N–H and O–H groups in total. The molecular weight excluding hydrogens is 598 g/mol. The average molecular weight is 656 g/mol. The highest BCUT2D eigenvalue weighted by molar-refractivity contribution is 6.04. The second-order valence-electron chi connectivity index (χ2n) is 12.2. The molecule has 0 radical (unpaired) electrons. The van der Waals surface area contributed by atoms with E-state index in [9.17, 15) is 9.59 Å². The van der Waals surface area contributed by atoms with Gasteiger partial charge < -0.3 is 25.3 Å². The molecule has 48 heavy (non-hydrogen) atoms. The van der Waals surface area contributed by atoms with Crippen LogP contribution in [0.5, 0.6) is 0 Å². The van der Waals surface area contributed by atoms with Crippen molar-refractivity contribution in [1.82, 2.24) is 5.32 Å². The van der Waals surface area contributed by atoms with Gasteiger partial charge in [0.25, 0.3) is 0 Å². The fourth-order valence-corrected chi connectivity index (χ4v) is 6.34.